The molecule has 1 aromatic carbocycles. The summed E-state index contributed by atoms with van der Waals surface area (Å²) in [5, 5.41) is 0.812. The molecular formula is C24H28N2O2S. The van der Waals surface area contributed by atoms with Gasteiger partial charge in [0.2, 0.25) is 0 Å². The normalized spacial score (nSPS) is 14.4. The molecule has 152 valence electrons. The number of nitrogens with one attached hydrogen (secondary N) is 1. The van der Waals surface area contributed by atoms with Crippen molar-refractivity contribution in [3.05, 3.63) is 56.4 Å². The Bertz CT molecular complexity index is 1060. The van der Waals surface area contributed by atoms with Gasteiger partial charge in [-0.1, -0.05) is 38.5 Å². The second-order valence-electron chi connectivity index (χ2n) is 8.13. The molecule has 0 bridgehead atoms. The molecule has 0 spiro atoms. The van der Waals surface area contributed by atoms with Crippen LogP contribution in [0.2, 0.25) is 0 Å². The lowest BCUT2D eigenvalue weighted by Crippen LogP contribution is -2.10. The minimum absolute atomic E-state index is 0.0112. The smallest absolute Gasteiger partial charge is 0.260 e. The predicted molar refractivity (Wildman–Crippen MR) is 122 cm³/mol. The third-order valence-electron chi connectivity index (χ3n) is 5.37. The van der Waals surface area contributed by atoms with Gasteiger partial charge in [-0.15, -0.1) is 11.3 Å². The lowest BCUT2D eigenvalue weighted by molar-refractivity contribution is 0.289. The first-order valence-electron chi connectivity index (χ1n) is 10.6. The van der Waals surface area contributed by atoms with Gasteiger partial charge in [0.25, 0.3) is 5.56 Å². The van der Waals surface area contributed by atoms with E-state index in [0.29, 0.717) is 11.7 Å². The van der Waals surface area contributed by atoms with Crippen molar-refractivity contribution in [3.63, 3.8) is 0 Å². The van der Waals surface area contributed by atoms with Gasteiger partial charge in [0.1, 0.15) is 16.4 Å². The third kappa shape index (κ3) is 4.78. The van der Waals surface area contributed by atoms with Gasteiger partial charge < -0.3 is 9.72 Å². The number of nitrogens with zero attached hydrogens (tertiary/aromatic N) is 1. The van der Waals surface area contributed by atoms with Crippen LogP contribution in [-0.2, 0) is 12.8 Å². The second-order valence-corrected chi connectivity index (χ2v) is 9.21. The van der Waals surface area contributed by atoms with Gasteiger partial charge in [0, 0.05) is 4.88 Å². The number of H-pyrrole nitrogens is 1. The monoisotopic (exact) mass is 408 g/mol. The van der Waals surface area contributed by atoms with E-state index in [0.717, 1.165) is 53.8 Å². The van der Waals surface area contributed by atoms with Crippen molar-refractivity contribution in [2.24, 2.45) is 5.92 Å². The minimum atomic E-state index is -0.0112. The minimum Gasteiger partial charge on any atom is -0.494 e. The summed E-state index contributed by atoms with van der Waals surface area (Å²) in [4.78, 5) is 22.6. The highest BCUT2D eigenvalue weighted by molar-refractivity contribution is 7.18. The molecule has 2 aromatic heterocycles. The van der Waals surface area contributed by atoms with E-state index in [-0.39, 0.29) is 5.56 Å². The zero-order chi connectivity index (χ0) is 20.2. The number of rotatable bonds is 6. The zero-order valence-corrected chi connectivity index (χ0v) is 18.0. The Balaban J connectivity index is 1.50. The number of ether oxygens (including phenoxy) is 1. The molecule has 0 unspecified atom stereocenters. The van der Waals surface area contributed by atoms with Crippen molar-refractivity contribution in [2.45, 2.75) is 52.4 Å². The van der Waals surface area contributed by atoms with Crippen LogP contribution >= 0.6 is 11.3 Å². The van der Waals surface area contributed by atoms with Crippen molar-refractivity contribution in [3.8, 4) is 5.75 Å². The highest BCUT2D eigenvalue weighted by atomic mass is 32.1. The number of hydrogen-bond donors (Lipinski definition) is 1. The Morgan fingerprint density at radius 3 is 2.72 bits per heavy atom. The topological polar surface area (TPSA) is 55.0 Å². The molecule has 0 aliphatic heterocycles. The third-order valence-corrected chi connectivity index (χ3v) is 6.56. The number of fused-ring (bicyclic) bond motifs is 3. The van der Waals surface area contributed by atoms with Crippen molar-refractivity contribution in [1.82, 2.24) is 9.97 Å². The number of aryl methyl sites for hydroxylation is 2. The molecule has 1 aliphatic carbocycles. The van der Waals surface area contributed by atoms with Gasteiger partial charge in [-0.05, 0) is 67.4 Å². The fourth-order valence-electron chi connectivity index (χ4n) is 3.70. The zero-order valence-electron chi connectivity index (χ0n) is 17.2. The van der Waals surface area contributed by atoms with Crippen LogP contribution in [0.3, 0.4) is 0 Å². The van der Waals surface area contributed by atoms with Crippen molar-refractivity contribution < 1.29 is 4.74 Å². The maximum atomic E-state index is 12.7. The summed E-state index contributed by atoms with van der Waals surface area (Å²) in [5.74, 6) is 2.13. The lowest BCUT2D eigenvalue weighted by atomic mass is 10.1. The van der Waals surface area contributed by atoms with E-state index in [1.165, 1.54) is 23.3 Å². The lowest BCUT2D eigenvalue weighted by Gasteiger charge is -2.08. The molecule has 0 amide bonds. The maximum absolute atomic E-state index is 12.7. The average Bonchev–Trinajstić information content (AvgIpc) is 2.89. The van der Waals surface area contributed by atoms with Crippen LogP contribution in [-0.4, -0.2) is 16.6 Å². The molecular weight excluding hydrogens is 380 g/mol. The Labute approximate surface area is 175 Å². The van der Waals surface area contributed by atoms with Crippen LogP contribution < -0.4 is 10.3 Å². The fourth-order valence-corrected chi connectivity index (χ4v) is 4.97. The summed E-state index contributed by atoms with van der Waals surface area (Å²) in [6, 6.07) is 8.00. The number of thiophene rings is 1. The number of hydrogen-bond acceptors (Lipinski definition) is 4. The number of benzene rings is 1. The Kier molecular flexibility index (Phi) is 6.14. The van der Waals surface area contributed by atoms with E-state index >= 15 is 0 Å². The molecule has 4 rings (SSSR count). The van der Waals surface area contributed by atoms with Crippen LogP contribution in [0.4, 0.5) is 0 Å². The number of aromatic amines is 1. The van der Waals surface area contributed by atoms with Gasteiger partial charge in [-0.25, -0.2) is 4.98 Å². The van der Waals surface area contributed by atoms with Gasteiger partial charge >= 0.3 is 0 Å². The van der Waals surface area contributed by atoms with Gasteiger partial charge in [0.15, 0.2) is 0 Å². The van der Waals surface area contributed by atoms with E-state index in [1.807, 2.05) is 36.4 Å². The fraction of sp³-hybridized carbons (Fsp3) is 0.417. The molecule has 5 heteroatoms. The van der Waals surface area contributed by atoms with Crippen molar-refractivity contribution in [1.29, 1.82) is 0 Å². The van der Waals surface area contributed by atoms with E-state index < -0.39 is 0 Å². The quantitative estimate of drug-likeness (QED) is 0.521. The number of aromatic nitrogens is 2. The second kappa shape index (κ2) is 8.95. The molecule has 0 fully saturated rings. The first-order valence-corrected chi connectivity index (χ1v) is 11.4. The summed E-state index contributed by atoms with van der Waals surface area (Å²) < 4.78 is 5.76. The van der Waals surface area contributed by atoms with E-state index in [2.05, 4.69) is 18.8 Å². The van der Waals surface area contributed by atoms with Crippen LogP contribution in [0.15, 0.2) is 29.1 Å². The summed E-state index contributed by atoms with van der Waals surface area (Å²) in [7, 11) is 0. The summed E-state index contributed by atoms with van der Waals surface area (Å²) >= 11 is 1.69. The summed E-state index contributed by atoms with van der Waals surface area (Å²) in [6.07, 6.45) is 10.6. The maximum Gasteiger partial charge on any atom is 0.260 e. The molecule has 0 saturated heterocycles. The van der Waals surface area contributed by atoms with Crippen molar-refractivity contribution in [2.75, 3.05) is 6.61 Å². The molecule has 0 saturated carbocycles. The van der Waals surface area contributed by atoms with E-state index in [9.17, 15) is 4.79 Å². The largest absolute Gasteiger partial charge is 0.494 e. The van der Waals surface area contributed by atoms with Crippen LogP contribution in [0.25, 0.3) is 22.4 Å². The van der Waals surface area contributed by atoms with Crippen LogP contribution in [0.5, 0.6) is 5.75 Å². The summed E-state index contributed by atoms with van der Waals surface area (Å²) in [5.41, 5.74) is 2.27. The van der Waals surface area contributed by atoms with E-state index in [4.69, 9.17) is 9.72 Å². The van der Waals surface area contributed by atoms with E-state index in [1.54, 1.807) is 11.3 Å². The molecule has 2 heterocycles. The molecule has 29 heavy (non-hydrogen) atoms. The van der Waals surface area contributed by atoms with Crippen molar-refractivity contribution >= 4 is 33.7 Å². The van der Waals surface area contributed by atoms with Gasteiger partial charge in [-0.2, -0.15) is 0 Å². The molecule has 1 aliphatic rings. The van der Waals surface area contributed by atoms with Gasteiger partial charge in [-0.3, -0.25) is 4.79 Å². The van der Waals surface area contributed by atoms with Gasteiger partial charge in [0.05, 0.1) is 12.0 Å². The molecule has 0 atom stereocenters. The first-order chi connectivity index (χ1) is 14.1. The average molecular weight is 409 g/mol. The Morgan fingerprint density at radius 1 is 1.14 bits per heavy atom. The highest BCUT2D eigenvalue weighted by Crippen LogP contribution is 2.32. The molecule has 0 radical (unpaired) electrons. The standard InChI is InChI=1S/C24H28N2O2S/c1-16(2)14-15-28-18-11-8-17(9-12-18)10-13-21-25-23(27)22-19-6-4-3-5-7-20(19)29-24(22)26-21/h8-13,16H,3-7,14-15H2,1-2H3,(H,25,26,27). The molecule has 3 aromatic rings. The first kappa shape index (κ1) is 19.9. The Hall–Kier alpha value is -2.40. The van der Waals surface area contributed by atoms with Crippen LogP contribution in [0, 0.1) is 5.92 Å². The molecule has 1 N–H and O–H groups in total. The highest BCUT2D eigenvalue weighted by Gasteiger charge is 2.18. The molecule has 4 nitrogen and oxygen atoms in total. The van der Waals surface area contributed by atoms with Crippen LogP contribution in [0.1, 0.15) is 61.4 Å². The predicted octanol–water partition coefficient (Wildman–Crippen LogP) is 5.85. The Morgan fingerprint density at radius 2 is 1.93 bits per heavy atom. The summed E-state index contributed by atoms with van der Waals surface area (Å²) in [6.45, 7) is 5.13. The SMILES string of the molecule is CC(C)CCOc1ccc(C=Cc2nc3sc4c(c3c(=O)[nH]2)CCCCC4)cc1.